The molecule has 17 heavy (non-hydrogen) atoms. The summed E-state index contributed by atoms with van der Waals surface area (Å²) in [6.07, 6.45) is 0. The Labute approximate surface area is 106 Å². The Morgan fingerprint density at radius 3 is 1.47 bits per heavy atom. The fourth-order valence-corrected chi connectivity index (χ4v) is 2.52. The second-order valence-corrected chi connectivity index (χ2v) is 5.54. The molecule has 0 fully saturated rings. The van der Waals surface area contributed by atoms with Gasteiger partial charge in [-0.15, -0.1) is 0 Å². The highest BCUT2D eigenvalue weighted by Gasteiger charge is 2.37. The van der Waals surface area contributed by atoms with Gasteiger partial charge in [0.2, 0.25) is 0 Å². The van der Waals surface area contributed by atoms with Crippen molar-refractivity contribution in [3.05, 3.63) is 0 Å². The van der Waals surface area contributed by atoms with Crippen molar-refractivity contribution >= 4 is 11.7 Å². The molecule has 0 spiro atoms. The van der Waals surface area contributed by atoms with Gasteiger partial charge in [-0.25, -0.2) is 9.98 Å². The lowest BCUT2D eigenvalue weighted by Crippen LogP contribution is -2.56. The van der Waals surface area contributed by atoms with Crippen molar-refractivity contribution < 1.29 is 8.97 Å². The Kier molecular flexibility index (Phi) is 4.10. The molecule has 2 aliphatic rings. The molecule has 0 N–H and O–H groups in total. The first-order valence-electron chi connectivity index (χ1n) is 6.19. The maximum absolute atomic E-state index is 4.53. The average molecular weight is 240 g/mol. The van der Waals surface area contributed by atoms with E-state index in [9.17, 15) is 0 Å². The Bertz CT molecular complexity index is 313. The number of quaternary nitrogens is 2. The highest BCUT2D eigenvalue weighted by molar-refractivity contribution is 5.74. The van der Waals surface area contributed by atoms with Crippen LogP contribution < -0.4 is 0 Å². The Morgan fingerprint density at radius 1 is 0.882 bits per heavy atom. The van der Waals surface area contributed by atoms with Crippen LogP contribution in [0, 0.1) is 0 Å². The first-order valence-corrected chi connectivity index (χ1v) is 6.19. The molecule has 0 radical (unpaired) electrons. The highest BCUT2D eigenvalue weighted by atomic mass is 15.5. The molecule has 2 heterocycles. The lowest BCUT2D eigenvalue weighted by atomic mass is 10.3. The van der Waals surface area contributed by atoms with E-state index in [-0.39, 0.29) is 7.43 Å². The van der Waals surface area contributed by atoms with E-state index < -0.39 is 0 Å². The monoisotopic (exact) mass is 240 g/mol. The van der Waals surface area contributed by atoms with Gasteiger partial charge in [-0.2, -0.15) is 0 Å². The minimum atomic E-state index is 0. The lowest BCUT2D eigenvalue weighted by molar-refractivity contribution is -0.873. The number of hydrogen-bond donors (Lipinski definition) is 0. The molecule has 0 aliphatic carbocycles. The summed E-state index contributed by atoms with van der Waals surface area (Å²) in [5.41, 5.74) is 0. The van der Waals surface area contributed by atoms with E-state index >= 15 is 0 Å². The third kappa shape index (κ3) is 2.58. The molecule has 4 nitrogen and oxygen atoms in total. The zero-order chi connectivity index (χ0) is 11.8. The number of likely N-dealkylation sites (N-methyl/N-ethyl adjacent to an activating group) is 2. The second-order valence-electron chi connectivity index (χ2n) is 5.54. The number of hydrogen-bond acceptors (Lipinski definition) is 2. The van der Waals surface area contributed by atoms with Crippen molar-refractivity contribution in [2.75, 3.05) is 53.4 Å². The molecule has 2 aliphatic heterocycles. The number of aliphatic imine (C=N–C) groups is 2. The van der Waals surface area contributed by atoms with Crippen LogP contribution in [0.25, 0.3) is 0 Å². The first-order chi connectivity index (χ1) is 7.46. The molecule has 0 aromatic rings. The van der Waals surface area contributed by atoms with Gasteiger partial charge in [0.1, 0.15) is 26.2 Å². The van der Waals surface area contributed by atoms with Gasteiger partial charge in [-0.1, -0.05) is 7.43 Å². The molecular weight excluding hydrogens is 212 g/mol. The van der Waals surface area contributed by atoms with Crippen LogP contribution in [0.5, 0.6) is 0 Å². The van der Waals surface area contributed by atoms with Crippen LogP contribution in [0.15, 0.2) is 9.98 Å². The summed E-state index contributed by atoms with van der Waals surface area (Å²) in [7, 11) is 4.61. The molecule has 0 amide bonds. The molecular formula is C13H28N4+2. The van der Waals surface area contributed by atoms with Gasteiger partial charge in [0.25, 0.3) is 0 Å². The quantitative estimate of drug-likeness (QED) is 0.666. The van der Waals surface area contributed by atoms with E-state index in [4.69, 9.17) is 0 Å². The summed E-state index contributed by atoms with van der Waals surface area (Å²) in [5, 5.41) is 0. The van der Waals surface area contributed by atoms with Crippen molar-refractivity contribution in [1.82, 2.24) is 0 Å². The molecule has 2 rings (SSSR count). The summed E-state index contributed by atoms with van der Waals surface area (Å²) in [4.78, 5) is 9.06. The molecule has 0 aromatic heterocycles. The van der Waals surface area contributed by atoms with Crippen LogP contribution in [-0.2, 0) is 0 Å². The van der Waals surface area contributed by atoms with Crippen molar-refractivity contribution in [3.63, 3.8) is 0 Å². The molecule has 0 bridgehead atoms. The van der Waals surface area contributed by atoms with Gasteiger partial charge in [0, 0.05) is 13.8 Å². The predicted molar refractivity (Wildman–Crippen MR) is 74.5 cm³/mol. The van der Waals surface area contributed by atoms with Gasteiger partial charge < -0.3 is 0 Å². The van der Waals surface area contributed by atoms with Gasteiger partial charge in [0.15, 0.2) is 11.7 Å². The summed E-state index contributed by atoms with van der Waals surface area (Å²) in [5.74, 6) is 2.58. The summed E-state index contributed by atoms with van der Waals surface area (Å²) in [6, 6.07) is 0. The molecule has 98 valence electrons. The number of nitrogens with zero attached hydrogens (tertiary/aromatic N) is 4. The van der Waals surface area contributed by atoms with E-state index in [0.717, 1.165) is 22.1 Å². The van der Waals surface area contributed by atoms with E-state index in [0.29, 0.717) is 0 Å². The van der Waals surface area contributed by atoms with Crippen LogP contribution in [0.1, 0.15) is 21.3 Å². The number of amidine groups is 2. The minimum Gasteiger partial charge on any atom is -0.275 e. The Hall–Kier alpha value is -0.740. The van der Waals surface area contributed by atoms with Crippen molar-refractivity contribution in [2.24, 2.45) is 9.98 Å². The van der Waals surface area contributed by atoms with Crippen molar-refractivity contribution in [2.45, 2.75) is 21.3 Å². The van der Waals surface area contributed by atoms with Crippen molar-refractivity contribution in [3.8, 4) is 0 Å². The Morgan fingerprint density at radius 2 is 1.24 bits per heavy atom. The highest BCUT2D eigenvalue weighted by Crippen LogP contribution is 2.16. The SMILES string of the molecule is C.CC1=NCC[N+]1(C)CC[N+]1(C)CCN=C1C. The van der Waals surface area contributed by atoms with E-state index in [2.05, 4.69) is 37.9 Å². The topological polar surface area (TPSA) is 24.7 Å². The fourth-order valence-electron chi connectivity index (χ4n) is 2.52. The number of rotatable bonds is 3. The molecule has 2 unspecified atom stereocenters. The molecule has 4 heteroatoms. The first kappa shape index (κ1) is 14.3. The van der Waals surface area contributed by atoms with Crippen LogP contribution in [0.2, 0.25) is 0 Å². The van der Waals surface area contributed by atoms with Crippen LogP contribution in [0.4, 0.5) is 0 Å². The second kappa shape index (κ2) is 4.86. The fraction of sp³-hybridized carbons (Fsp3) is 0.846. The minimum absolute atomic E-state index is 0. The average Bonchev–Trinajstić information content (AvgIpc) is 2.73. The maximum Gasteiger partial charge on any atom is 0.195 e. The largest absolute Gasteiger partial charge is 0.275 e. The molecule has 0 saturated carbocycles. The van der Waals surface area contributed by atoms with Crippen molar-refractivity contribution in [1.29, 1.82) is 0 Å². The van der Waals surface area contributed by atoms with Gasteiger partial charge >= 0.3 is 0 Å². The van der Waals surface area contributed by atoms with Crippen LogP contribution >= 0.6 is 0 Å². The third-order valence-corrected chi connectivity index (χ3v) is 4.52. The zero-order valence-corrected chi connectivity index (χ0v) is 11.0. The summed E-state index contributed by atoms with van der Waals surface area (Å²) in [6.45, 7) is 11.0. The smallest absolute Gasteiger partial charge is 0.195 e. The van der Waals surface area contributed by atoms with Gasteiger partial charge in [-0.3, -0.25) is 8.97 Å². The molecule has 2 atom stereocenters. The lowest BCUT2D eigenvalue weighted by Gasteiger charge is -2.34. The summed E-state index contributed by atoms with van der Waals surface area (Å²) >= 11 is 0. The Balaban J connectivity index is 0.00000144. The van der Waals surface area contributed by atoms with Gasteiger partial charge in [0.05, 0.1) is 27.2 Å². The van der Waals surface area contributed by atoms with E-state index in [1.807, 2.05) is 0 Å². The standard InChI is InChI=1S/C12H24N4.CH4/c1-11-13-5-7-15(11,3)9-10-16(4)8-6-14-12(16)2;/h5-10H2,1-4H3;1H4/q+2;. The predicted octanol–water partition coefficient (Wildman–Crippen LogP) is 1.38. The third-order valence-electron chi connectivity index (χ3n) is 4.52. The van der Waals surface area contributed by atoms with Gasteiger partial charge in [-0.05, 0) is 0 Å². The molecule has 0 saturated heterocycles. The zero-order valence-electron chi connectivity index (χ0n) is 11.0. The van der Waals surface area contributed by atoms with E-state index in [1.165, 1.54) is 37.9 Å². The van der Waals surface area contributed by atoms with Crippen LogP contribution in [-0.4, -0.2) is 74.0 Å². The van der Waals surface area contributed by atoms with Crippen LogP contribution in [0.3, 0.4) is 0 Å². The summed E-state index contributed by atoms with van der Waals surface area (Å²) < 4.78 is 2.06. The normalized spacial score (nSPS) is 36.5. The maximum atomic E-state index is 4.53. The molecule has 0 aromatic carbocycles. The van der Waals surface area contributed by atoms with E-state index in [1.54, 1.807) is 0 Å².